The highest BCUT2D eigenvalue weighted by molar-refractivity contribution is 7.17. The summed E-state index contributed by atoms with van der Waals surface area (Å²) in [5.74, 6) is -1.99. The zero-order valence-corrected chi connectivity index (χ0v) is 17.8. The number of hydrogen-bond acceptors (Lipinski definition) is 4. The molecular weight excluding hydrogens is 384 g/mol. The standard InChI is InChI=1S/C23H26N2O3S/c1-13(2)15-8-10-16(11-9-15)20-14(3)29-22(19(20)12-24)25-21(26)17-6-4-5-7-18(17)23(27)28/h8-11,13,17-18H,4-7H2,1-3H3,(H,25,26)(H,27,28)/t17-,18+/m1/s1. The summed E-state index contributed by atoms with van der Waals surface area (Å²) in [6.45, 7) is 6.21. The predicted molar refractivity (Wildman–Crippen MR) is 115 cm³/mol. The number of rotatable bonds is 5. The molecule has 2 N–H and O–H groups in total. The van der Waals surface area contributed by atoms with E-state index in [4.69, 9.17) is 0 Å². The van der Waals surface area contributed by atoms with E-state index in [2.05, 4.69) is 37.4 Å². The Bertz CT molecular complexity index is 954. The first-order valence-electron chi connectivity index (χ1n) is 10.0. The van der Waals surface area contributed by atoms with E-state index in [9.17, 15) is 20.0 Å². The third kappa shape index (κ3) is 4.35. The van der Waals surface area contributed by atoms with Gasteiger partial charge < -0.3 is 10.4 Å². The van der Waals surface area contributed by atoms with Gasteiger partial charge in [0.1, 0.15) is 11.1 Å². The van der Waals surface area contributed by atoms with Gasteiger partial charge in [-0.05, 0) is 36.8 Å². The van der Waals surface area contributed by atoms with Gasteiger partial charge in [0.05, 0.1) is 17.4 Å². The van der Waals surface area contributed by atoms with Crippen LogP contribution in [0.25, 0.3) is 11.1 Å². The molecule has 29 heavy (non-hydrogen) atoms. The third-order valence-electron chi connectivity index (χ3n) is 5.72. The van der Waals surface area contributed by atoms with Gasteiger partial charge in [0, 0.05) is 10.4 Å². The number of nitrogens with zero attached hydrogens (tertiary/aromatic N) is 1. The first kappa shape index (κ1) is 21.1. The van der Waals surface area contributed by atoms with Crippen LogP contribution in [0.3, 0.4) is 0 Å². The van der Waals surface area contributed by atoms with E-state index in [1.807, 2.05) is 19.1 Å². The lowest BCUT2D eigenvalue weighted by atomic mass is 9.79. The number of anilines is 1. The monoisotopic (exact) mass is 410 g/mol. The molecule has 2 aromatic rings. The second kappa shape index (κ2) is 8.79. The number of carboxylic acids is 1. The van der Waals surface area contributed by atoms with E-state index < -0.39 is 17.8 Å². The van der Waals surface area contributed by atoms with Crippen LogP contribution in [0.1, 0.15) is 61.5 Å². The van der Waals surface area contributed by atoms with Crippen molar-refractivity contribution < 1.29 is 14.7 Å². The van der Waals surface area contributed by atoms with E-state index >= 15 is 0 Å². The number of hydrogen-bond donors (Lipinski definition) is 2. The highest BCUT2D eigenvalue weighted by atomic mass is 32.1. The first-order chi connectivity index (χ1) is 13.8. The SMILES string of the molecule is Cc1sc(NC(=O)[C@@H]2CCCC[C@@H]2C(=O)O)c(C#N)c1-c1ccc(C(C)C)cc1. The molecule has 5 nitrogen and oxygen atoms in total. The fourth-order valence-corrected chi connectivity index (χ4v) is 5.10. The molecule has 0 radical (unpaired) electrons. The molecule has 0 aliphatic heterocycles. The molecule has 1 saturated carbocycles. The van der Waals surface area contributed by atoms with Crippen molar-refractivity contribution in [2.24, 2.45) is 11.8 Å². The zero-order valence-electron chi connectivity index (χ0n) is 17.0. The summed E-state index contributed by atoms with van der Waals surface area (Å²) in [6, 6.07) is 10.4. The lowest BCUT2D eigenvalue weighted by Gasteiger charge is -2.27. The van der Waals surface area contributed by atoms with Crippen molar-refractivity contribution in [1.29, 1.82) is 5.26 Å². The molecule has 2 atom stereocenters. The number of benzene rings is 1. The molecule has 1 aromatic carbocycles. The Morgan fingerprint density at radius 1 is 1.17 bits per heavy atom. The summed E-state index contributed by atoms with van der Waals surface area (Å²) in [4.78, 5) is 25.3. The number of aryl methyl sites for hydroxylation is 1. The van der Waals surface area contributed by atoms with Gasteiger partial charge in [-0.25, -0.2) is 0 Å². The van der Waals surface area contributed by atoms with Gasteiger partial charge >= 0.3 is 5.97 Å². The molecule has 0 bridgehead atoms. The average molecular weight is 411 g/mol. The summed E-state index contributed by atoms with van der Waals surface area (Å²) in [5.41, 5.74) is 3.45. The van der Waals surface area contributed by atoms with Crippen LogP contribution >= 0.6 is 11.3 Å². The van der Waals surface area contributed by atoms with Crippen LogP contribution in [0.4, 0.5) is 5.00 Å². The van der Waals surface area contributed by atoms with E-state index in [0.29, 0.717) is 29.3 Å². The number of nitriles is 1. The highest BCUT2D eigenvalue weighted by Gasteiger charge is 2.36. The number of carbonyl (C=O) groups is 2. The maximum atomic E-state index is 12.9. The average Bonchev–Trinajstić information content (AvgIpc) is 3.02. The van der Waals surface area contributed by atoms with E-state index in [1.165, 1.54) is 16.9 Å². The summed E-state index contributed by atoms with van der Waals surface area (Å²) in [7, 11) is 0. The Labute approximate surface area is 175 Å². The van der Waals surface area contributed by atoms with Gasteiger partial charge in [-0.3, -0.25) is 9.59 Å². The lowest BCUT2D eigenvalue weighted by Crippen LogP contribution is -2.36. The van der Waals surface area contributed by atoms with Gasteiger partial charge in [-0.2, -0.15) is 5.26 Å². The van der Waals surface area contributed by atoms with Gasteiger partial charge in [0.25, 0.3) is 0 Å². The van der Waals surface area contributed by atoms with Crippen molar-refractivity contribution in [3.05, 3.63) is 40.3 Å². The number of carboxylic acid groups (broad SMARTS) is 1. The highest BCUT2D eigenvalue weighted by Crippen LogP contribution is 2.40. The van der Waals surface area contributed by atoms with Crippen LogP contribution in [0.2, 0.25) is 0 Å². The Balaban J connectivity index is 1.89. The van der Waals surface area contributed by atoms with Gasteiger partial charge in [0.15, 0.2) is 0 Å². The smallest absolute Gasteiger partial charge is 0.307 e. The van der Waals surface area contributed by atoms with Crippen LogP contribution in [-0.4, -0.2) is 17.0 Å². The van der Waals surface area contributed by atoms with Crippen molar-refractivity contribution in [3.8, 4) is 17.2 Å². The fourth-order valence-electron chi connectivity index (χ4n) is 4.07. The molecule has 1 aliphatic carbocycles. The van der Waals surface area contributed by atoms with Crippen molar-refractivity contribution in [2.75, 3.05) is 5.32 Å². The maximum absolute atomic E-state index is 12.9. The molecule has 0 spiro atoms. The van der Waals surface area contributed by atoms with Gasteiger partial charge in [0.2, 0.25) is 5.91 Å². The van der Waals surface area contributed by atoms with Crippen molar-refractivity contribution in [1.82, 2.24) is 0 Å². The predicted octanol–water partition coefficient (Wildman–Crippen LogP) is 5.55. The Morgan fingerprint density at radius 2 is 1.79 bits per heavy atom. The summed E-state index contributed by atoms with van der Waals surface area (Å²) < 4.78 is 0. The second-order valence-corrected chi connectivity index (χ2v) is 9.18. The molecule has 1 fully saturated rings. The minimum Gasteiger partial charge on any atom is -0.481 e. The molecule has 1 amide bonds. The number of nitrogens with one attached hydrogen (secondary N) is 1. The van der Waals surface area contributed by atoms with Crippen LogP contribution < -0.4 is 5.32 Å². The Morgan fingerprint density at radius 3 is 2.34 bits per heavy atom. The third-order valence-corrected chi connectivity index (χ3v) is 6.74. The number of thiophene rings is 1. The van der Waals surface area contributed by atoms with Gasteiger partial charge in [-0.1, -0.05) is 51.0 Å². The summed E-state index contributed by atoms with van der Waals surface area (Å²) in [5, 5.41) is 22.6. The molecule has 3 rings (SSSR count). The van der Waals surface area contributed by atoms with Crippen LogP contribution in [0.15, 0.2) is 24.3 Å². The molecule has 0 saturated heterocycles. The topological polar surface area (TPSA) is 90.2 Å². The first-order valence-corrected chi connectivity index (χ1v) is 10.8. The lowest BCUT2D eigenvalue weighted by molar-refractivity contribution is -0.147. The molecule has 1 heterocycles. The molecule has 0 unspecified atom stereocenters. The fraction of sp³-hybridized carbons (Fsp3) is 0.435. The summed E-state index contributed by atoms with van der Waals surface area (Å²) >= 11 is 1.37. The van der Waals surface area contributed by atoms with Gasteiger partial charge in [-0.15, -0.1) is 11.3 Å². The minimum absolute atomic E-state index is 0.295. The maximum Gasteiger partial charge on any atom is 0.307 e. The van der Waals surface area contributed by atoms with E-state index in [-0.39, 0.29) is 5.91 Å². The molecule has 1 aromatic heterocycles. The molecule has 152 valence electrons. The number of aliphatic carboxylic acids is 1. The number of carbonyl (C=O) groups excluding carboxylic acids is 1. The van der Waals surface area contributed by atoms with Crippen molar-refractivity contribution in [2.45, 2.75) is 52.4 Å². The Kier molecular flexibility index (Phi) is 6.39. The zero-order chi connectivity index (χ0) is 21.1. The second-order valence-electron chi connectivity index (χ2n) is 7.95. The largest absolute Gasteiger partial charge is 0.481 e. The molecular formula is C23H26N2O3S. The summed E-state index contributed by atoms with van der Waals surface area (Å²) in [6.07, 6.45) is 2.77. The van der Waals surface area contributed by atoms with Crippen LogP contribution in [0.5, 0.6) is 0 Å². The van der Waals surface area contributed by atoms with Crippen LogP contribution in [-0.2, 0) is 9.59 Å². The van der Waals surface area contributed by atoms with Crippen molar-refractivity contribution in [3.63, 3.8) is 0 Å². The van der Waals surface area contributed by atoms with E-state index in [0.717, 1.165) is 28.8 Å². The van der Waals surface area contributed by atoms with Crippen molar-refractivity contribution >= 4 is 28.2 Å². The van der Waals surface area contributed by atoms with Crippen LogP contribution in [0, 0.1) is 30.1 Å². The molecule has 6 heteroatoms. The quantitative estimate of drug-likeness (QED) is 0.676. The van der Waals surface area contributed by atoms with E-state index in [1.54, 1.807) is 0 Å². The normalized spacial score (nSPS) is 19.0. The molecule has 1 aliphatic rings. The number of amides is 1. The Hall–Kier alpha value is -2.65. The minimum atomic E-state index is -0.918.